The van der Waals surface area contributed by atoms with E-state index < -0.39 is 0 Å². The Morgan fingerprint density at radius 1 is 1.22 bits per heavy atom. The van der Waals surface area contributed by atoms with Gasteiger partial charge in [0, 0.05) is 29.2 Å². The molecule has 0 unspecified atom stereocenters. The third kappa shape index (κ3) is 2.63. The predicted molar refractivity (Wildman–Crippen MR) is 89.1 cm³/mol. The summed E-state index contributed by atoms with van der Waals surface area (Å²) in [6, 6.07) is 11.2. The van der Waals surface area contributed by atoms with E-state index in [1.54, 1.807) is 36.4 Å². The minimum Gasteiger partial charge on any atom is -0.508 e. The lowest BCUT2D eigenvalue weighted by molar-refractivity contribution is 0.104. The van der Waals surface area contributed by atoms with Crippen LogP contribution in [0.2, 0.25) is 0 Å². The zero-order valence-corrected chi connectivity index (χ0v) is 12.9. The van der Waals surface area contributed by atoms with Gasteiger partial charge < -0.3 is 9.67 Å². The molecule has 1 aromatic heterocycles. The molecule has 0 saturated carbocycles. The molecular formula is C19H16FNO2. The summed E-state index contributed by atoms with van der Waals surface area (Å²) in [5, 5.41) is 10.4. The monoisotopic (exact) mass is 309 g/mol. The van der Waals surface area contributed by atoms with Crippen LogP contribution in [0, 0.1) is 12.7 Å². The van der Waals surface area contributed by atoms with E-state index in [2.05, 4.69) is 0 Å². The molecule has 23 heavy (non-hydrogen) atoms. The summed E-state index contributed by atoms with van der Waals surface area (Å²) in [6.07, 6.45) is 2.84. The fraction of sp³-hybridized carbons (Fsp3) is 0.105. The first-order chi connectivity index (χ1) is 11.0. The molecule has 2 aromatic carbocycles. The van der Waals surface area contributed by atoms with Crippen molar-refractivity contribution in [2.45, 2.75) is 6.92 Å². The number of phenols is 1. The number of aryl methyl sites for hydroxylation is 1. The highest BCUT2D eigenvalue weighted by Gasteiger charge is 2.17. The minimum atomic E-state index is -0.371. The molecule has 0 aliphatic heterocycles. The third-order valence-corrected chi connectivity index (χ3v) is 4.04. The molecular weight excluding hydrogens is 293 g/mol. The highest BCUT2D eigenvalue weighted by Crippen LogP contribution is 2.29. The lowest BCUT2D eigenvalue weighted by Crippen LogP contribution is -1.98. The van der Waals surface area contributed by atoms with Crippen molar-refractivity contribution < 1.29 is 14.3 Å². The molecule has 0 atom stereocenters. The number of nitrogens with zero attached hydrogens (tertiary/aromatic N) is 1. The van der Waals surface area contributed by atoms with E-state index in [9.17, 15) is 14.3 Å². The van der Waals surface area contributed by atoms with Crippen LogP contribution >= 0.6 is 0 Å². The SMILES string of the molecule is Cc1c(C(=O)C=Cc2ccccc2F)c2cc(O)ccc2n1C. The van der Waals surface area contributed by atoms with Crippen LogP contribution in [0.3, 0.4) is 0 Å². The van der Waals surface area contributed by atoms with Gasteiger partial charge in [-0.25, -0.2) is 4.39 Å². The fourth-order valence-corrected chi connectivity index (χ4v) is 2.73. The number of phenolic OH excluding ortho intramolecular Hbond substituents is 1. The number of hydrogen-bond acceptors (Lipinski definition) is 2. The number of fused-ring (bicyclic) bond motifs is 1. The number of hydrogen-bond donors (Lipinski definition) is 1. The lowest BCUT2D eigenvalue weighted by Gasteiger charge is -1.99. The van der Waals surface area contributed by atoms with Gasteiger partial charge in [0.2, 0.25) is 0 Å². The summed E-state index contributed by atoms with van der Waals surface area (Å²) in [4.78, 5) is 12.6. The van der Waals surface area contributed by atoms with Crippen molar-refractivity contribution in [3.05, 3.63) is 71.2 Å². The molecule has 0 aliphatic carbocycles. The van der Waals surface area contributed by atoms with E-state index in [1.165, 1.54) is 18.2 Å². The third-order valence-electron chi connectivity index (χ3n) is 4.04. The Morgan fingerprint density at radius 2 is 1.96 bits per heavy atom. The maximum absolute atomic E-state index is 13.6. The minimum absolute atomic E-state index is 0.107. The number of carbonyl (C=O) groups is 1. The predicted octanol–water partition coefficient (Wildman–Crippen LogP) is 4.23. The highest BCUT2D eigenvalue weighted by molar-refractivity contribution is 6.16. The molecule has 4 heteroatoms. The largest absolute Gasteiger partial charge is 0.508 e. The molecule has 0 fully saturated rings. The zero-order valence-electron chi connectivity index (χ0n) is 12.9. The molecule has 116 valence electrons. The number of aromatic hydroxyl groups is 1. The highest BCUT2D eigenvalue weighted by atomic mass is 19.1. The molecule has 3 aromatic rings. The Bertz CT molecular complexity index is 938. The van der Waals surface area contributed by atoms with Gasteiger partial charge in [0.25, 0.3) is 0 Å². The number of ketones is 1. The fourth-order valence-electron chi connectivity index (χ4n) is 2.73. The zero-order chi connectivity index (χ0) is 16.6. The van der Waals surface area contributed by atoms with E-state index >= 15 is 0 Å². The first-order valence-corrected chi connectivity index (χ1v) is 7.24. The molecule has 1 N–H and O–H groups in total. The van der Waals surface area contributed by atoms with Gasteiger partial charge in [0.05, 0.1) is 5.56 Å². The van der Waals surface area contributed by atoms with Crippen LogP contribution in [0.1, 0.15) is 21.6 Å². The number of rotatable bonds is 3. The average Bonchev–Trinajstić information content (AvgIpc) is 2.77. The summed E-state index contributed by atoms with van der Waals surface area (Å²) < 4.78 is 15.5. The first-order valence-electron chi connectivity index (χ1n) is 7.24. The Hall–Kier alpha value is -2.88. The Labute approximate surface area is 133 Å². The van der Waals surface area contributed by atoms with Crippen molar-refractivity contribution in [3.8, 4) is 5.75 Å². The van der Waals surface area contributed by atoms with Gasteiger partial charge in [-0.05, 0) is 43.3 Å². The second kappa shape index (κ2) is 5.72. The van der Waals surface area contributed by atoms with Gasteiger partial charge in [0.15, 0.2) is 5.78 Å². The quantitative estimate of drug-likeness (QED) is 0.581. The second-order valence-electron chi connectivity index (χ2n) is 5.44. The van der Waals surface area contributed by atoms with E-state index in [0.717, 1.165) is 11.2 Å². The van der Waals surface area contributed by atoms with Crippen molar-refractivity contribution in [3.63, 3.8) is 0 Å². The standard InChI is InChI=1S/C19H16FNO2/c1-12-19(15-11-14(22)8-9-17(15)21(12)2)18(23)10-7-13-5-3-4-6-16(13)20/h3-11,22H,1-2H3. The number of halogens is 1. The average molecular weight is 309 g/mol. The van der Waals surface area contributed by atoms with Crippen molar-refractivity contribution in [2.75, 3.05) is 0 Å². The molecule has 0 spiro atoms. The summed E-state index contributed by atoms with van der Waals surface area (Å²) in [5.74, 6) is -0.485. The Balaban J connectivity index is 2.06. The van der Waals surface area contributed by atoms with Crippen molar-refractivity contribution in [1.82, 2.24) is 4.57 Å². The van der Waals surface area contributed by atoms with E-state index in [4.69, 9.17) is 0 Å². The van der Waals surface area contributed by atoms with Crippen LogP contribution in [0.4, 0.5) is 4.39 Å². The summed E-state index contributed by atoms with van der Waals surface area (Å²) in [6.45, 7) is 1.85. The maximum Gasteiger partial charge on any atom is 0.188 e. The molecule has 0 radical (unpaired) electrons. The van der Waals surface area contributed by atoms with Gasteiger partial charge in [-0.2, -0.15) is 0 Å². The van der Waals surface area contributed by atoms with E-state index in [0.29, 0.717) is 16.5 Å². The normalized spacial score (nSPS) is 11.4. The Kier molecular flexibility index (Phi) is 3.74. The van der Waals surface area contributed by atoms with E-state index in [1.807, 2.05) is 18.5 Å². The maximum atomic E-state index is 13.6. The van der Waals surface area contributed by atoms with Crippen LogP contribution in [0.5, 0.6) is 5.75 Å². The van der Waals surface area contributed by atoms with Gasteiger partial charge in [-0.1, -0.05) is 18.2 Å². The number of aromatic nitrogens is 1. The van der Waals surface area contributed by atoms with Crippen molar-refractivity contribution >= 4 is 22.8 Å². The molecule has 0 aliphatic rings. The summed E-state index contributed by atoms with van der Waals surface area (Å²) in [7, 11) is 1.87. The first kappa shape index (κ1) is 15.0. The topological polar surface area (TPSA) is 42.2 Å². The molecule has 0 bridgehead atoms. The van der Waals surface area contributed by atoms with Crippen LogP contribution < -0.4 is 0 Å². The smallest absolute Gasteiger partial charge is 0.188 e. The van der Waals surface area contributed by atoms with Crippen molar-refractivity contribution in [1.29, 1.82) is 0 Å². The van der Waals surface area contributed by atoms with Gasteiger partial charge in [0.1, 0.15) is 11.6 Å². The second-order valence-corrected chi connectivity index (χ2v) is 5.44. The number of carbonyl (C=O) groups excluding carboxylic acids is 1. The lowest BCUT2D eigenvalue weighted by atomic mass is 10.0. The van der Waals surface area contributed by atoms with Gasteiger partial charge in [-0.15, -0.1) is 0 Å². The van der Waals surface area contributed by atoms with Crippen LogP contribution in [-0.4, -0.2) is 15.5 Å². The number of benzene rings is 2. The molecule has 1 heterocycles. The Morgan fingerprint density at radius 3 is 2.70 bits per heavy atom. The van der Waals surface area contributed by atoms with Crippen LogP contribution in [-0.2, 0) is 7.05 Å². The molecule has 3 rings (SSSR count). The molecule has 0 amide bonds. The molecule has 3 nitrogen and oxygen atoms in total. The summed E-state index contributed by atoms with van der Waals surface area (Å²) >= 11 is 0. The summed E-state index contributed by atoms with van der Waals surface area (Å²) in [5.41, 5.74) is 2.55. The van der Waals surface area contributed by atoms with Gasteiger partial charge >= 0.3 is 0 Å². The van der Waals surface area contributed by atoms with Crippen molar-refractivity contribution in [2.24, 2.45) is 7.05 Å². The van der Waals surface area contributed by atoms with Crippen LogP contribution in [0.25, 0.3) is 17.0 Å². The van der Waals surface area contributed by atoms with Gasteiger partial charge in [-0.3, -0.25) is 4.79 Å². The van der Waals surface area contributed by atoms with Crippen LogP contribution in [0.15, 0.2) is 48.5 Å². The van der Waals surface area contributed by atoms with E-state index in [-0.39, 0.29) is 17.3 Å². The molecule has 0 saturated heterocycles. The number of allylic oxidation sites excluding steroid dienone is 1.